The Kier molecular flexibility index (Phi) is 4.44. The maximum atomic E-state index is 11.8. The molecule has 0 aromatic carbocycles. The number of morpholine rings is 1. The number of amides is 1. The third kappa shape index (κ3) is 4.25. The largest absolute Gasteiger partial charge is 0.373 e. The Hall–Kier alpha value is -1.53. The van der Waals surface area contributed by atoms with E-state index in [4.69, 9.17) is 4.74 Å². The van der Waals surface area contributed by atoms with Gasteiger partial charge in [-0.15, -0.1) is 0 Å². The first kappa shape index (κ1) is 13.9. The molecule has 6 heteroatoms. The Bertz CT molecular complexity index is 422. The molecule has 6 nitrogen and oxygen atoms in total. The number of hydrogen-bond acceptors (Lipinski definition) is 5. The van der Waals surface area contributed by atoms with Gasteiger partial charge in [0.05, 0.1) is 18.4 Å². The van der Waals surface area contributed by atoms with Gasteiger partial charge in [-0.25, -0.2) is 4.98 Å². The number of carbonyl (C=O) groups is 1. The van der Waals surface area contributed by atoms with Gasteiger partial charge in [-0.05, 0) is 13.8 Å². The van der Waals surface area contributed by atoms with Crippen LogP contribution in [0.1, 0.15) is 24.3 Å². The molecule has 1 aromatic rings. The van der Waals surface area contributed by atoms with Crippen molar-refractivity contribution in [2.24, 2.45) is 0 Å². The molecule has 1 amide bonds. The van der Waals surface area contributed by atoms with Crippen LogP contribution in [0.3, 0.4) is 0 Å². The van der Waals surface area contributed by atoms with Crippen LogP contribution in [0.15, 0.2) is 18.6 Å². The van der Waals surface area contributed by atoms with Crippen LogP contribution >= 0.6 is 0 Å². The van der Waals surface area contributed by atoms with E-state index in [1.165, 1.54) is 12.4 Å². The van der Waals surface area contributed by atoms with E-state index in [9.17, 15) is 4.79 Å². The van der Waals surface area contributed by atoms with E-state index in [-0.39, 0.29) is 11.5 Å². The summed E-state index contributed by atoms with van der Waals surface area (Å²) in [5.74, 6) is -0.180. The van der Waals surface area contributed by atoms with E-state index in [1.807, 2.05) is 0 Å². The normalized spacial score (nSPS) is 19.1. The molecular weight excluding hydrogens is 244 g/mol. The van der Waals surface area contributed by atoms with Crippen LogP contribution in [0.4, 0.5) is 0 Å². The van der Waals surface area contributed by atoms with Crippen molar-refractivity contribution in [2.75, 3.05) is 32.8 Å². The van der Waals surface area contributed by atoms with Gasteiger partial charge in [0.15, 0.2) is 0 Å². The van der Waals surface area contributed by atoms with Crippen molar-refractivity contribution in [3.63, 3.8) is 0 Å². The fourth-order valence-electron chi connectivity index (χ4n) is 2.14. The Morgan fingerprint density at radius 2 is 2.37 bits per heavy atom. The first-order chi connectivity index (χ1) is 9.07. The summed E-state index contributed by atoms with van der Waals surface area (Å²) in [6.45, 7) is 8.11. The highest BCUT2D eigenvalue weighted by Gasteiger charge is 2.26. The SMILES string of the molecule is CC1(C)CN(CCNC(=O)c2cnccn2)CCO1. The van der Waals surface area contributed by atoms with Crippen molar-refractivity contribution in [1.82, 2.24) is 20.2 Å². The van der Waals surface area contributed by atoms with Crippen molar-refractivity contribution < 1.29 is 9.53 Å². The molecule has 0 unspecified atom stereocenters. The first-order valence-electron chi connectivity index (χ1n) is 6.47. The highest BCUT2D eigenvalue weighted by molar-refractivity contribution is 5.91. The van der Waals surface area contributed by atoms with Gasteiger partial charge >= 0.3 is 0 Å². The van der Waals surface area contributed by atoms with Gasteiger partial charge in [0.1, 0.15) is 5.69 Å². The van der Waals surface area contributed by atoms with Crippen LogP contribution in [-0.2, 0) is 4.74 Å². The molecule has 2 rings (SSSR count). The average molecular weight is 264 g/mol. The summed E-state index contributed by atoms with van der Waals surface area (Å²) in [6.07, 6.45) is 4.53. The minimum Gasteiger partial charge on any atom is -0.373 e. The lowest BCUT2D eigenvalue weighted by atomic mass is 10.1. The van der Waals surface area contributed by atoms with Crippen molar-refractivity contribution in [3.8, 4) is 0 Å². The van der Waals surface area contributed by atoms with Gasteiger partial charge in [0.25, 0.3) is 5.91 Å². The number of nitrogens with one attached hydrogen (secondary N) is 1. The van der Waals surface area contributed by atoms with Gasteiger partial charge in [-0.2, -0.15) is 0 Å². The molecule has 104 valence electrons. The van der Waals surface area contributed by atoms with E-state index in [2.05, 4.69) is 34.0 Å². The Morgan fingerprint density at radius 3 is 3.05 bits per heavy atom. The summed E-state index contributed by atoms with van der Waals surface area (Å²) in [7, 11) is 0. The van der Waals surface area contributed by atoms with Crippen molar-refractivity contribution in [3.05, 3.63) is 24.3 Å². The summed E-state index contributed by atoms with van der Waals surface area (Å²) in [6, 6.07) is 0. The second kappa shape index (κ2) is 6.08. The third-order valence-corrected chi connectivity index (χ3v) is 3.01. The topological polar surface area (TPSA) is 67.4 Å². The van der Waals surface area contributed by atoms with Gasteiger partial charge in [-0.3, -0.25) is 14.7 Å². The fourth-order valence-corrected chi connectivity index (χ4v) is 2.14. The zero-order valence-corrected chi connectivity index (χ0v) is 11.4. The van der Waals surface area contributed by atoms with Crippen LogP contribution in [0, 0.1) is 0 Å². The van der Waals surface area contributed by atoms with Gasteiger partial charge < -0.3 is 10.1 Å². The number of hydrogen-bond donors (Lipinski definition) is 1. The van der Waals surface area contributed by atoms with Crippen LogP contribution in [0.25, 0.3) is 0 Å². The fraction of sp³-hybridized carbons (Fsp3) is 0.615. The highest BCUT2D eigenvalue weighted by Crippen LogP contribution is 2.15. The number of carbonyl (C=O) groups excluding carboxylic acids is 1. The maximum Gasteiger partial charge on any atom is 0.271 e. The van der Waals surface area contributed by atoms with Crippen molar-refractivity contribution in [2.45, 2.75) is 19.4 Å². The predicted octanol–water partition coefficient (Wildman–Crippen LogP) is 0.317. The molecule has 0 aliphatic carbocycles. The summed E-state index contributed by atoms with van der Waals surface area (Å²) in [5, 5.41) is 2.85. The Balaban J connectivity index is 1.73. The van der Waals surface area contributed by atoms with Crippen LogP contribution in [0.5, 0.6) is 0 Å². The first-order valence-corrected chi connectivity index (χ1v) is 6.47. The van der Waals surface area contributed by atoms with Gasteiger partial charge in [0, 0.05) is 38.6 Å². The molecule has 0 radical (unpaired) electrons. The standard InChI is InChI=1S/C13H20N4O2/c1-13(2)10-17(7-8-19-13)6-5-16-12(18)11-9-14-3-4-15-11/h3-4,9H,5-8,10H2,1-2H3,(H,16,18). The number of nitrogens with zero attached hydrogens (tertiary/aromatic N) is 3. The molecule has 0 bridgehead atoms. The predicted molar refractivity (Wildman–Crippen MR) is 70.8 cm³/mol. The number of rotatable bonds is 4. The Morgan fingerprint density at radius 1 is 1.53 bits per heavy atom. The number of ether oxygens (including phenoxy) is 1. The lowest BCUT2D eigenvalue weighted by Gasteiger charge is -2.38. The quantitative estimate of drug-likeness (QED) is 0.848. The van der Waals surface area contributed by atoms with E-state index >= 15 is 0 Å². The highest BCUT2D eigenvalue weighted by atomic mass is 16.5. The lowest BCUT2D eigenvalue weighted by Crippen LogP contribution is -2.50. The molecule has 0 saturated carbocycles. The molecular formula is C13H20N4O2. The van der Waals surface area contributed by atoms with E-state index < -0.39 is 0 Å². The monoisotopic (exact) mass is 264 g/mol. The summed E-state index contributed by atoms with van der Waals surface area (Å²) < 4.78 is 5.65. The third-order valence-electron chi connectivity index (χ3n) is 3.01. The summed E-state index contributed by atoms with van der Waals surface area (Å²) in [4.78, 5) is 21.9. The van der Waals surface area contributed by atoms with E-state index in [0.717, 1.165) is 26.2 Å². The average Bonchev–Trinajstić information content (AvgIpc) is 2.38. The van der Waals surface area contributed by atoms with Crippen molar-refractivity contribution >= 4 is 5.91 Å². The second-order valence-electron chi connectivity index (χ2n) is 5.23. The lowest BCUT2D eigenvalue weighted by molar-refractivity contribution is -0.0853. The molecule has 0 atom stereocenters. The summed E-state index contributed by atoms with van der Waals surface area (Å²) in [5.41, 5.74) is 0.248. The minimum atomic E-state index is -0.180. The number of aromatic nitrogens is 2. The molecule has 1 N–H and O–H groups in total. The molecule has 2 heterocycles. The maximum absolute atomic E-state index is 11.8. The molecule has 19 heavy (non-hydrogen) atoms. The van der Waals surface area contributed by atoms with Gasteiger partial charge in [-0.1, -0.05) is 0 Å². The molecule has 1 saturated heterocycles. The van der Waals surface area contributed by atoms with Gasteiger partial charge in [0.2, 0.25) is 0 Å². The molecule has 1 aliphatic heterocycles. The van der Waals surface area contributed by atoms with E-state index in [0.29, 0.717) is 12.2 Å². The zero-order chi connectivity index (χ0) is 13.7. The minimum absolute atomic E-state index is 0.104. The van der Waals surface area contributed by atoms with Crippen LogP contribution in [-0.4, -0.2) is 59.2 Å². The van der Waals surface area contributed by atoms with Crippen LogP contribution in [0.2, 0.25) is 0 Å². The molecule has 0 spiro atoms. The molecule has 1 aliphatic rings. The van der Waals surface area contributed by atoms with Crippen molar-refractivity contribution in [1.29, 1.82) is 0 Å². The summed E-state index contributed by atoms with van der Waals surface area (Å²) >= 11 is 0. The molecule has 1 fully saturated rings. The smallest absolute Gasteiger partial charge is 0.271 e. The zero-order valence-electron chi connectivity index (χ0n) is 11.4. The Labute approximate surface area is 113 Å². The second-order valence-corrected chi connectivity index (χ2v) is 5.23. The molecule has 1 aromatic heterocycles. The van der Waals surface area contributed by atoms with Crippen LogP contribution < -0.4 is 5.32 Å². The van der Waals surface area contributed by atoms with E-state index in [1.54, 1.807) is 6.20 Å².